The smallest absolute Gasteiger partial charge is 0.311 e. The summed E-state index contributed by atoms with van der Waals surface area (Å²) in [6, 6.07) is 0. The highest BCUT2D eigenvalue weighted by Gasteiger charge is 2.75. The van der Waals surface area contributed by atoms with Crippen molar-refractivity contribution in [3.05, 3.63) is 11.1 Å². The summed E-state index contributed by atoms with van der Waals surface area (Å²) in [6.07, 6.45) is 6.89. The predicted octanol–water partition coefficient (Wildman–Crippen LogP) is 5.94. The molecule has 0 aromatic rings. The third-order valence-electron chi connectivity index (χ3n) is 12.5. The number of Topliss-reactive ketones (excluding diaryl/α,β-unsaturated/α-hetero) is 2. The second-order valence-corrected chi connectivity index (χ2v) is 14.3. The highest BCUT2D eigenvalue weighted by molar-refractivity contribution is 6.00. The van der Waals surface area contributed by atoms with Crippen molar-refractivity contribution in [2.24, 2.45) is 39.4 Å². The SMILES string of the molecule is CC1CC2(CC(C)C3(CCC4(C)C5=C(C(=O)CC43C)C3(C)CCC(=O)C(C)(C)C3CC5)O2)OC1=O. The summed E-state index contributed by atoms with van der Waals surface area (Å²) in [6.45, 7) is 15.3. The Kier molecular flexibility index (Phi) is 4.56. The normalized spacial score (nSPS) is 52.7. The zero-order valence-electron chi connectivity index (χ0n) is 22.6. The van der Waals surface area contributed by atoms with Crippen molar-refractivity contribution >= 4 is 17.5 Å². The molecule has 0 aromatic heterocycles. The maximum atomic E-state index is 14.3. The molecule has 5 nitrogen and oxygen atoms in total. The molecule has 6 rings (SSSR count). The lowest BCUT2D eigenvalue weighted by Crippen LogP contribution is -2.60. The molecule has 2 saturated heterocycles. The Balaban J connectivity index is 1.45. The van der Waals surface area contributed by atoms with E-state index in [1.54, 1.807) is 0 Å². The molecule has 5 heteroatoms. The van der Waals surface area contributed by atoms with Gasteiger partial charge in [0.05, 0.1) is 11.5 Å². The van der Waals surface area contributed by atoms with E-state index < -0.39 is 11.4 Å². The van der Waals surface area contributed by atoms with Crippen LogP contribution in [0.2, 0.25) is 0 Å². The van der Waals surface area contributed by atoms with Crippen molar-refractivity contribution in [3.63, 3.8) is 0 Å². The molecule has 6 aliphatic rings. The Labute approximate surface area is 209 Å². The molecular weight excluding hydrogens is 440 g/mol. The van der Waals surface area contributed by atoms with Gasteiger partial charge < -0.3 is 9.47 Å². The van der Waals surface area contributed by atoms with E-state index in [2.05, 4.69) is 41.5 Å². The van der Waals surface area contributed by atoms with Gasteiger partial charge in [0.2, 0.25) is 5.79 Å². The van der Waals surface area contributed by atoms with Crippen molar-refractivity contribution in [3.8, 4) is 0 Å². The van der Waals surface area contributed by atoms with Gasteiger partial charge in [-0.1, -0.05) is 54.0 Å². The van der Waals surface area contributed by atoms with Crippen LogP contribution in [0.5, 0.6) is 0 Å². The number of carbonyl (C=O) groups excluding carboxylic acids is 3. The molecule has 0 amide bonds. The molecule has 2 aliphatic heterocycles. The molecule has 0 bridgehead atoms. The standard InChI is InChI=1S/C30H42O5/c1-17-14-29(34-24(17)33)15-18(2)30(35-29)13-12-27(6)19-8-9-21-25(3,4)22(32)10-11-26(21,5)23(19)20(31)16-28(27,30)7/h17-18,21H,8-16H2,1-7H3. The third kappa shape index (κ3) is 2.57. The summed E-state index contributed by atoms with van der Waals surface area (Å²) in [7, 11) is 0. The van der Waals surface area contributed by atoms with Crippen LogP contribution in [-0.4, -0.2) is 28.9 Å². The Bertz CT molecular complexity index is 1090. The van der Waals surface area contributed by atoms with Crippen molar-refractivity contribution in [1.82, 2.24) is 0 Å². The first-order chi connectivity index (χ1) is 16.2. The number of ether oxygens (including phenoxy) is 2. The molecular formula is C30H42O5. The molecule has 2 saturated carbocycles. The van der Waals surface area contributed by atoms with Crippen molar-refractivity contribution in [2.45, 2.75) is 118 Å². The Morgan fingerprint density at radius 3 is 2.26 bits per heavy atom. The quantitative estimate of drug-likeness (QED) is 0.400. The lowest BCUT2D eigenvalue weighted by molar-refractivity contribution is -0.254. The molecule has 4 aliphatic carbocycles. The van der Waals surface area contributed by atoms with Crippen LogP contribution in [0.1, 0.15) is 106 Å². The third-order valence-corrected chi connectivity index (χ3v) is 12.5. The molecule has 2 spiro atoms. The molecule has 192 valence electrons. The van der Waals surface area contributed by atoms with Gasteiger partial charge in [0.25, 0.3) is 0 Å². The average molecular weight is 483 g/mol. The fraction of sp³-hybridized carbons (Fsp3) is 0.833. The van der Waals surface area contributed by atoms with Crippen molar-refractivity contribution in [1.29, 1.82) is 0 Å². The molecule has 2 heterocycles. The van der Waals surface area contributed by atoms with E-state index in [-0.39, 0.29) is 51.2 Å². The first-order valence-corrected chi connectivity index (χ1v) is 13.9. The summed E-state index contributed by atoms with van der Waals surface area (Å²) in [4.78, 5) is 39.5. The zero-order chi connectivity index (χ0) is 25.4. The van der Waals surface area contributed by atoms with Gasteiger partial charge >= 0.3 is 5.97 Å². The van der Waals surface area contributed by atoms with Gasteiger partial charge in [0, 0.05) is 47.5 Å². The van der Waals surface area contributed by atoms with Crippen molar-refractivity contribution in [2.75, 3.05) is 0 Å². The van der Waals surface area contributed by atoms with Crippen LogP contribution in [0.25, 0.3) is 0 Å². The van der Waals surface area contributed by atoms with Crippen LogP contribution in [0.15, 0.2) is 11.1 Å². The number of rotatable bonds is 0. The maximum Gasteiger partial charge on any atom is 0.311 e. The Morgan fingerprint density at radius 1 is 0.886 bits per heavy atom. The zero-order valence-corrected chi connectivity index (χ0v) is 22.6. The number of esters is 1. The molecule has 0 N–H and O–H groups in total. The lowest BCUT2D eigenvalue weighted by atomic mass is 9.43. The Hall–Kier alpha value is -1.49. The summed E-state index contributed by atoms with van der Waals surface area (Å²) >= 11 is 0. The van der Waals surface area contributed by atoms with E-state index in [4.69, 9.17) is 9.47 Å². The number of allylic oxidation sites excluding steroid dienone is 2. The van der Waals surface area contributed by atoms with E-state index in [9.17, 15) is 14.4 Å². The number of ketones is 2. The van der Waals surface area contributed by atoms with Gasteiger partial charge in [-0.05, 0) is 49.4 Å². The van der Waals surface area contributed by atoms with Crippen LogP contribution >= 0.6 is 0 Å². The number of hydrogen-bond donors (Lipinski definition) is 0. The van der Waals surface area contributed by atoms with Gasteiger partial charge in [0.15, 0.2) is 5.78 Å². The van der Waals surface area contributed by atoms with Crippen LogP contribution in [0.4, 0.5) is 0 Å². The minimum absolute atomic E-state index is 0.135. The molecule has 8 unspecified atom stereocenters. The number of carbonyl (C=O) groups is 3. The first kappa shape index (κ1) is 23.9. The summed E-state index contributed by atoms with van der Waals surface area (Å²) in [5.74, 6) is -0.0983. The largest absolute Gasteiger partial charge is 0.433 e. The van der Waals surface area contributed by atoms with Gasteiger partial charge in [-0.25, -0.2) is 0 Å². The van der Waals surface area contributed by atoms with E-state index in [1.165, 1.54) is 5.57 Å². The van der Waals surface area contributed by atoms with Crippen LogP contribution < -0.4 is 0 Å². The Morgan fingerprint density at radius 2 is 1.60 bits per heavy atom. The van der Waals surface area contributed by atoms with Gasteiger partial charge in [-0.2, -0.15) is 0 Å². The summed E-state index contributed by atoms with van der Waals surface area (Å²) in [5.41, 5.74) is 0.840. The summed E-state index contributed by atoms with van der Waals surface area (Å²) < 4.78 is 12.9. The monoisotopic (exact) mass is 482 g/mol. The van der Waals surface area contributed by atoms with Gasteiger partial charge in [-0.3, -0.25) is 14.4 Å². The molecule has 8 atom stereocenters. The number of hydrogen-bond acceptors (Lipinski definition) is 5. The van der Waals surface area contributed by atoms with Gasteiger partial charge in [0.1, 0.15) is 5.78 Å². The highest BCUT2D eigenvalue weighted by Crippen LogP contribution is 2.75. The van der Waals surface area contributed by atoms with E-state index in [1.807, 2.05) is 6.92 Å². The fourth-order valence-corrected chi connectivity index (χ4v) is 10.5. The van der Waals surface area contributed by atoms with Crippen LogP contribution in [0, 0.1) is 39.4 Å². The lowest BCUT2D eigenvalue weighted by Gasteiger charge is -2.61. The molecule has 35 heavy (non-hydrogen) atoms. The minimum atomic E-state index is -0.834. The van der Waals surface area contributed by atoms with Gasteiger partial charge in [-0.15, -0.1) is 0 Å². The van der Waals surface area contributed by atoms with Crippen LogP contribution in [-0.2, 0) is 23.9 Å². The predicted molar refractivity (Wildman–Crippen MR) is 131 cm³/mol. The molecule has 0 aromatic carbocycles. The maximum absolute atomic E-state index is 14.3. The first-order valence-electron chi connectivity index (χ1n) is 13.9. The van der Waals surface area contributed by atoms with Crippen molar-refractivity contribution < 1.29 is 23.9 Å². The van der Waals surface area contributed by atoms with E-state index in [0.29, 0.717) is 31.5 Å². The topological polar surface area (TPSA) is 69.7 Å². The molecule has 0 radical (unpaired) electrons. The second kappa shape index (κ2) is 6.68. The van der Waals surface area contributed by atoms with E-state index in [0.717, 1.165) is 37.7 Å². The average Bonchev–Trinajstić information content (AvgIpc) is 3.29. The van der Waals surface area contributed by atoms with Crippen LogP contribution in [0.3, 0.4) is 0 Å². The minimum Gasteiger partial charge on any atom is -0.433 e. The fourth-order valence-electron chi connectivity index (χ4n) is 10.5. The second-order valence-electron chi connectivity index (χ2n) is 14.3. The molecule has 4 fully saturated rings. The van der Waals surface area contributed by atoms with E-state index >= 15 is 0 Å². The highest BCUT2D eigenvalue weighted by atomic mass is 16.7. The summed E-state index contributed by atoms with van der Waals surface area (Å²) in [5, 5.41) is 0. The number of fused-ring (bicyclic) bond motifs is 5.